The summed E-state index contributed by atoms with van der Waals surface area (Å²) in [6.45, 7) is 11.9. The molecular weight excluding hydrogens is 196 g/mol. The van der Waals surface area contributed by atoms with Crippen molar-refractivity contribution in [1.82, 2.24) is 10.2 Å². The second kappa shape index (κ2) is 5.05. The van der Waals surface area contributed by atoms with Crippen LogP contribution < -0.4 is 5.32 Å². The van der Waals surface area contributed by atoms with E-state index in [0.717, 1.165) is 23.9 Å². The summed E-state index contributed by atoms with van der Waals surface area (Å²) < 4.78 is 0. The lowest BCUT2D eigenvalue weighted by Crippen LogP contribution is -2.58. The zero-order valence-electron chi connectivity index (χ0n) is 11.4. The molecule has 0 aromatic heterocycles. The van der Waals surface area contributed by atoms with Crippen molar-refractivity contribution in [1.29, 1.82) is 0 Å². The van der Waals surface area contributed by atoms with E-state index in [2.05, 4.69) is 37.9 Å². The Labute approximate surface area is 101 Å². The van der Waals surface area contributed by atoms with Crippen LogP contribution in [-0.2, 0) is 0 Å². The molecule has 2 fully saturated rings. The molecule has 0 spiro atoms. The van der Waals surface area contributed by atoms with E-state index in [1.165, 1.54) is 32.4 Å². The first-order valence-electron chi connectivity index (χ1n) is 7.07. The summed E-state index contributed by atoms with van der Waals surface area (Å²) in [5.74, 6) is 1.80. The summed E-state index contributed by atoms with van der Waals surface area (Å²) in [4.78, 5) is 2.74. The Bertz CT molecular complexity index is 223. The van der Waals surface area contributed by atoms with Gasteiger partial charge in [0.15, 0.2) is 0 Å². The zero-order valence-corrected chi connectivity index (χ0v) is 11.4. The highest BCUT2D eigenvalue weighted by Crippen LogP contribution is 2.34. The quantitative estimate of drug-likeness (QED) is 0.789. The molecule has 0 radical (unpaired) electrons. The third kappa shape index (κ3) is 2.98. The van der Waals surface area contributed by atoms with E-state index in [1.807, 2.05) is 0 Å². The van der Waals surface area contributed by atoms with Gasteiger partial charge in [0.2, 0.25) is 0 Å². The Kier molecular flexibility index (Phi) is 3.91. The van der Waals surface area contributed by atoms with Crippen LogP contribution in [0, 0.1) is 11.8 Å². The number of hydrogen-bond donors (Lipinski definition) is 1. The Balaban J connectivity index is 1.89. The van der Waals surface area contributed by atoms with E-state index in [4.69, 9.17) is 0 Å². The van der Waals surface area contributed by atoms with Gasteiger partial charge < -0.3 is 5.32 Å². The van der Waals surface area contributed by atoms with Crippen LogP contribution in [0.15, 0.2) is 0 Å². The first kappa shape index (κ1) is 12.4. The molecule has 1 aliphatic heterocycles. The fraction of sp³-hybridized carbons (Fsp3) is 1.00. The maximum Gasteiger partial charge on any atom is 0.0224 e. The lowest BCUT2D eigenvalue weighted by molar-refractivity contribution is 0.0824. The minimum Gasteiger partial charge on any atom is -0.311 e. The van der Waals surface area contributed by atoms with Crippen molar-refractivity contribution in [3.05, 3.63) is 0 Å². The van der Waals surface area contributed by atoms with Crippen LogP contribution >= 0.6 is 0 Å². The van der Waals surface area contributed by atoms with Crippen molar-refractivity contribution in [3.63, 3.8) is 0 Å². The highest BCUT2D eigenvalue weighted by Gasteiger charge is 2.37. The van der Waals surface area contributed by atoms with Gasteiger partial charge in [0.05, 0.1) is 0 Å². The second-order valence-corrected chi connectivity index (χ2v) is 6.38. The van der Waals surface area contributed by atoms with Crippen molar-refractivity contribution >= 4 is 0 Å². The van der Waals surface area contributed by atoms with Gasteiger partial charge >= 0.3 is 0 Å². The summed E-state index contributed by atoms with van der Waals surface area (Å²) in [6.07, 6.45) is 4.25. The molecule has 1 saturated carbocycles. The molecule has 1 aliphatic carbocycles. The minimum atomic E-state index is 0.712. The maximum absolute atomic E-state index is 3.73. The Morgan fingerprint density at radius 3 is 2.50 bits per heavy atom. The van der Waals surface area contributed by atoms with E-state index >= 15 is 0 Å². The molecule has 0 bridgehead atoms. The lowest BCUT2D eigenvalue weighted by Gasteiger charge is -2.43. The fourth-order valence-corrected chi connectivity index (χ4v) is 3.16. The highest BCUT2D eigenvalue weighted by molar-refractivity contribution is 4.94. The van der Waals surface area contributed by atoms with Crippen LogP contribution in [0.4, 0.5) is 0 Å². The first-order valence-corrected chi connectivity index (χ1v) is 7.07. The van der Waals surface area contributed by atoms with E-state index < -0.39 is 0 Å². The van der Waals surface area contributed by atoms with E-state index in [9.17, 15) is 0 Å². The summed E-state index contributed by atoms with van der Waals surface area (Å²) in [5, 5.41) is 3.73. The SMILES string of the molecule is CC(C)CC(C)N1CC(C2CC2)NCC1C. The minimum absolute atomic E-state index is 0.712. The largest absolute Gasteiger partial charge is 0.311 e. The molecule has 2 rings (SSSR count). The smallest absolute Gasteiger partial charge is 0.0224 e. The predicted molar refractivity (Wildman–Crippen MR) is 69.6 cm³/mol. The molecule has 3 atom stereocenters. The predicted octanol–water partition coefficient (Wildman–Crippen LogP) is 2.49. The van der Waals surface area contributed by atoms with Crippen molar-refractivity contribution < 1.29 is 0 Å². The third-order valence-electron chi connectivity index (χ3n) is 4.22. The van der Waals surface area contributed by atoms with Gasteiger partial charge in [-0.25, -0.2) is 0 Å². The average molecular weight is 224 g/mol. The van der Waals surface area contributed by atoms with E-state index in [1.54, 1.807) is 0 Å². The molecular formula is C14H28N2. The molecule has 3 unspecified atom stereocenters. The normalized spacial score (nSPS) is 34.3. The van der Waals surface area contributed by atoms with Gasteiger partial charge in [-0.05, 0) is 44.9 Å². The summed E-state index contributed by atoms with van der Waals surface area (Å²) >= 11 is 0. The number of nitrogens with zero attached hydrogens (tertiary/aromatic N) is 1. The van der Waals surface area contributed by atoms with Crippen molar-refractivity contribution in [2.24, 2.45) is 11.8 Å². The number of hydrogen-bond acceptors (Lipinski definition) is 2. The zero-order chi connectivity index (χ0) is 11.7. The van der Waals surface area contributed by atoms with E-state index in [-0.39, 0.29) is 0 Å². The Morgan fingerprint density at radius 2 is 1.94 bits per heavy atom. The van der Waals surface area contributed by atoms with Gasteiger partial charge in [0.25, 0.3) is 0 Å². The standard InChI is InChI=1S/C14H28N2/c1-10(2)7-11(3)16-9-14(13-5-6-13)15-8-12(16)4/h10-15H,5-9H2,1-4H3. The maximum atomic E-state index is 3.73. The molecule has 2 nitrogen and oxygen atoms in total. The van der Waals surface area contributed by atoms with Crippen molar-refractivity contribution in [2.75, 3.05) is 13.1 Å². The molecule has 0 aromatic rings. The molecule has 0 amide bonds. The Hall–Kier alpha value is -0.0800. The fourth-order valence-electron chi connectivity index (χ4n) is 3.16. The molecule has 1 N–H and O–H groups in total. The van der Waals surface area contributed by atoms with Gasteiger partial charge in [-0.15, -0.1) is 0 Å². The number of piperazine rings is 1. The molecule has 1 heterocycles. The van der Waals surface area contributed by atoms with Gasteiger partial charge in [-0.3, -0.25) is 4.90 Å². The molecule has 94 valence electrons. The molecule has 0 aromatic carbocycles. The molecule has 1 saturated heterocycles. The van der Waals surface area contributed by atoms with Crippen LogP contribution in [-0.4, -0.2) is 36.1 Å². The van der Waals surface area contributed by atoms with Gasteiger partial charge in [0, 0.05) is 31.2 Å². The number of rotatable bonds is 4. The Morgan fingerprint density at radius 1 is 1.25 bits per heavy atom. The highest BCUT2D eigenvalue weighted by atomic mass is 15.2. The van der Waals surface area contributed by atoms with Crippen molar-refractivity contribution in [2.45, 2.75) is 65.1 Å². The lowest BCUT2D eigenvalue weighted by atomic mass is 9.99. The topological polar surface area (TPSA) is 15.3 Å². The summed E-state index contributed by atoms with van der Waals surface area (Å²) in [7, 11) is 0. The molecule has 16 heavy (non-hydrogen) atoms. The monoisotopic (exact) mass is 224 g/mol. The van der Waals surface area contributed by atoms with Gasteiger partial charge in [0.1, 0.15) is 0 Å². The van der Waals surface area contributed by atoms with Crippen molar-refractivity contribution in [3.8, 4) is 0 Å². The average Bonchev–Trinajstić information content (AvgIpc) is 3.00. The third-order valence-corrected chi connectivity index (χ3v) is 4.22. The number of nitrogens with one attached hydrogen (secondary N) is 1. The molecule has 2 heteroatoms. The van der Waals surface area contributed by atoms with Crippen LogP contribution in [0.3, 0.4) is 0 Å². The summed E-state index contributed by atoms with van der Waals surface area (Å²) in [5.41, 5.74) is 0. The summed E-state index contributed by atoms with van der Waals surface area (Å²) in [6, 6.07) is 2.24. The van der Waals surface area contributed by atoms with Crippen LogP contribution in [0.25, 0.3) is 0 Å². The van der Waals surface area contributed by atoms with E-state index in [0.29, 0.717) is 6.04 Å². The first-order chi connectivity index (χ1) is 7.58. The van der Waals surface area contributed by atoms with Crippen LogP contribution in [0.2, 0.25) is 0 Å². The molecule has 2 aliphatic rings. The van der Waals surface area contributed by atoms with Gasteiger partial charge in [-0.2, -0.15) is 0 Å². The van der Waals surface area contributed by atoms with Crippen LogP contribution in [0.1, 0.15) is 47.0 Å². The van der Waals surface area contributed by atoms with Crippen LogP contribution in [0.5, 0.6) is 0 Å². The van der Waals surface area contributed by atoms with Gasteiger partial charge in [-0.1, -0.05) is 13.8 Å². The second-order valence-electron chi connectivity index (χ2n) is 6.38.